The Kier molecular flexibility index (Phi) is 7.73. The molecule has 2 heterocycles. The number of aryl methyl sites for hydroxylation is 1. The van der Waals surface area contributed by atoms with E-state index in [1.165, 1.54) is 26.4 Å². The fourth-order valence-corrected chi connectivity index (χ4v) is 5.16. The molecule has 1 aromatic heterocycles. The zero-order valence-electron chi connectivity index (χ0n) is 22.1. The molecule has 0 unspecified atom stereocenters. The van der Waals surface area contributed by atoms with Gasteiger partial charge in [0.1, 0.15) is 10.6 Å². The van der Waals surface area contributed by atoms with Crippen LogP contribution in [0.4, 0.5) is 11.4 Å². The van der Waals surface area contributed by atoms with Gasteiger partial charge in [0, 0.05) is 25.8 Å². The maximum atomic E-state index is 14.1. The van der Waals surface area contributed by atoms with E-state index in [1.807, 2.05) is 37.3 Å². The number of carbonyl (C=O) groups excluding carboxylic acids is 3. The normalized spacial score (nSPS) is 14.0. The first-order valence-electron chi connectivity index (χ1n) is 12.3. The molecule has 4 rings (SSSR count). The van der Waals surface area contributed by atoms with Gasteiger partial charge in [0.15, 0.2) is 0 Å². The quantitative estimate of drug-likeness (QED) is 0.336. The molecule has 0 aliphatic carbocycles. The zero-order chi connectivity index (χ0) is 27.6. The van der Waals surface area contributed by atoms with Crippen LogP contribution in [-0.2, 0) is 14.9 Å². The number of nitrogens with zero attached hydrogens (tertiary/aromatic N) is 2. The second-order valence-corrected chi connectivity index (χ2v) is 10.1. The molecule has 0 bridgehead atoms. The van der Waals surface area contributed by atoms with Gasteiger partial charge in [-0.25, -0.2) is 9.78 Å². The fourth-order valence-electron chi connectivity index (χ4n) is 5.00. The predicted octanol–water partition coefficient (Wildman–Crippen LogP) is 4.71. The van der Waals surface area contributed by atoms with Crippen LogP contribution >= 0.6 is 11.6 Å². The molecule has 2 aromatic carbocycles. The number of nitrogens with one attached hydrogen (secondary N) is 2. The van der Waals surface area contributed by atoms with Crippen molar-refractivity contribution < 1.29 is 19.1 Å². The standard InChI is InChI=1S/C29H31ClN4O4/c1-17(2)20-8-6-7-9-22(20)29(28(37)33-23-14-32-25(30)13-21(23)26(35)31-4)15-34(16-29)24-11-10-19(12-18(24)3)27(36)38-5/h6-14,17H,15-16H2,1-5H3,(H,31,35)(H,33,37). The fraction of sp³-hybridized carbons (Fsp3) is 0.310. The Labute approximate surface area is 227 Å². The van der Waals surface area contributed by atoms with Crippen LogP contribution < -0.4 is 15.5 Å². The first-order valence-corrected chi connectivity index (χ1v) is 12.7. The minimum atomic E-state index is -0.881. The Balaban J connectivity index is 1.73. The second kappa shape index (κ2) is 10.8. The van der Waals surface area contributed by atoms with Crippen LogP contribution in [0.25, 0.3) is 0 Å². The molecule has 3 aromatic rings. The average Bonchev–Trinajstić information content (AvgIpc) is 2.89. The highest BCUT2D eigenvalue weighted by Crippen LogP contribution is 2.43. The highest BCUT2D eigenvalue weighted by molar-refractivity contribution is 6.30. The summed E-state index contributed by atoms with van der Waals surface area (Å²) in [6.07, 6.45) is 1.40. The van der Waals surface area contributed by atoms with E-state index in [4.69, 9.17) is 16.3 Å². The number of methoxy groups -OCH3 is 1. The molecule has 0 saturated carbocycles. The molecule has 1 saturated heterocycles. The van der Waals surface area contributed by atoms with Crippen LogP contribution in [0.15, 0.2) is 54.7 Å². The summed E-state index contributed by atoms with van der Waals surface area (Å²) in [6, 6.07) is 14.8. The molecule has 0 spiro atoms. The van der Waals surface area contributed by atoms with Gasteiger partial charge in [-0.2, -0.15) is 0 Å². The van der Waals surface area contributed by atoms with Gasteiger partial charge >= 0.3 is 5.97 Å². The summed E-state index contributed by atoms with van der Waals surface area (Å²) in [4.78, 5) is 44.8. The average molecular weight is 535 g/mol. The Hall–Kier alpha value is -3.91. The molecular formula is C29H31ClN4O4. The number of halogens is 1. The summed E-state index contributed by atoms with van der Waals surface area (Å²) >= 11 is 6.04. The van der Waals surface area contributed by atoms with Crippen molar-refractivity contribution in [2.45, 2.75) is 32.1 Å². The van der Waals surface area contributed by atoms with Gasteiger partial charge in [-0.15, -0.1) is 0 Å². The van der Waals surface area contributed by atoms with Gasteiger partial charge < -0.3 is 20.3 Å². The number of hydrogen-bond acceptors (Lipinski definition) is 6. The van der Waals surface area contributed by atoms with Gasteiger partial charge in [0.2, 0.25) is 5.91 Å². The van der Waals surface area contributed by atoms with Crippen molar-refractivity contribution in [1.29, 1.82) is 0 Å². The zero-order valence-corrected chi connectivity index (χ0v) is 22.8. The van der Waals surface area contributed by atoms with Crippen LogP contribution in [0.5, 0.6) is 0 Å². The molecule has 9 heteroatoms. The van der Waals surface area contributed by atoms with Gasteiger partial charge in [0.05, 0.1) is 30.1 Å². The highest BCUT2D eigenvalue weighted by Gasteiger charge is 2.52. The van der Waals surface area contributed by atoms with E-state index in [-0.39, 0.29) is 34.1 Å². The van der Waals surface area contributed by atoms with Gasteiger partial charge in [-0.05, 0) is 53.8 Å². The lowest BCUT2D eigenvalue weighted by Gasteiger charge is -2.51. The Morgan fingerprint density at radius 2 is 1.82 bits per heavy atom. The maximum Gasteiger partial charge on any atom is 0.337 e. The maximum absolute atomic E-state index is 14.1. The molecule has 2 amide bonds. The molecule has 0 radical (unpaired) electrons. The molecule has 1 aliphatic rings. The summed E-state index contributed by atoms with van der Waals surface area (Å²) < 4.78 is 4.84. The van der Waals surface area contributed by atoms with E-state index in [1.54, 1.807) is 12.1 Å². The number of amides is 2. The minimum Gasteiger partial charge on any atom is -0.465 e. The van der Waals surface area contributed by atoms with Crippen LogP contribution in [0.2, 0.25) is 5.15 Å². The number of ether oxygens (including phenoxy) is 1. The Bertz CT molecular complexity index is 1400. The van der Waals surface area contributed by atoms with Crippen molar-refractivity contribution in [3.8, 4) is 0 Å². The Morgan fingerprint density at radius 1 is 1.11 bits per heavy atom. The lowest BCUT2D eigenvalue weighted by atomic mass is 9.69. The Morgan fingerprint density at radius 3 is 2.45 bits per heavy atom. The summed E-state index contributed by atoms with van der Waals surface area (Å²) in [5.74, 6) is -0.811. The molecule has 8 nitrogen and oxygen atoms in total. The molecule has 0 atom stereocenters. The highest BCUT2D eigenvalue weighted by atomic mass is 35.5. The lowest BCUT2D eigenvalue weighted by Crippen LogP contribution is -2.65. The van der Waals surface area contributed by atoms with Crippen molar-refractivity contribution in [2.75, 3.05) is 37.5 Å². The number of esters is 1. The SMILES string of the molecule is CNC(=O)c1cc(Cl)ncc1NC(=O)C1(c2ccccc2C(C)C)CN(c2ccc(C(=O)OC)cc2C)C1. The summed E-state index contributed by atoms with van der Waals surface area (Å²) in [7, 11) is 2.87. The smallest absolute Gasteiger partial charge is 0.337 e. The van der Waals surface area contributed by atoms with Crippen molar-refractivity contribution in [3.05, 3.63) is 87.7 Å². The third kappa shape index (κ3) is 4.96. The molecule has 38 heavy (non-hydrogen) atoms. The van der Waals surface area contributed by atoms with Crippen LogP contribution in [0.3, 0.4) is 0 Å². The monoisotopic (exact) mass is 534 g/mol. The first kappa shape index (κ1) is 27.1. The number of rotatable bonds is 7. The minimum absolute atomic E-state index is 0.155. The number of pyridine rings is 1. The van der Waals surface area contributed by atoms with Crippen molar-refractivity contribution in [2.24, 2.45) is 0 Å². The third-order valence-electron chi connectivity index (χ3n) is 7.00. The van der Waals surface area contributed by atoms with Crippen molar-refractivity contribution >= 4 is 40.8 Å². The summed E-state index contributed by atoms with van der Waals surface area (Å²) in [6.45, 7) is 6.96. The van der Waals surface area contributed by atoms with Crippen molar-refractivity contribution in [3.63, 3.8) is 0 Å². The molecule has 1 aliphatic heterocycles. The van der Waals surface area contributed by atoms with Crippen LogP contribution in [0, 0.1) is 6.92 Å². The van der Waals surface area contributed by atoms with Gasteiger partial charge in [0.25, 0.3) is 5.91 Å². The van der Waals surface area contributed by atoms with E-state index in [2.05, 4.69) is 34.4 Å². The lowest BCUT2D eigenvalue weighted by molar-refractivity contribution is -0.122. The van der Waals surface area contributed by atoms with E-state index < -0.39 is 11.4 Å². The largest absolute Gasteiger partial charge is 0.465 e. The van der Waals surface area contributed by atoms with E-state index in [0.717, 1.165) is 22.4 Å². The van der Waals surface area contributed by atoms with E-state index in [0.29, 0.717) is 18.7 Å². The van der Waals surface area contributed by atoms with Crippen LogP contribution in [0.1, 0.15) is 57.2 Å². The van der Waals surface area contributed by atoms with E-state index in [9.17, 15) is 14.4 Å². The number of benzene rings is 2. The number of aromatic nitrogens is 1. The molecule has 198 valence electrons. The van der Waals surface area contributed by atoms with Gasteiger partial charge in [-0.1, -0.05) is 49.7 Å². The van der Waals surface area contributed by atoms with E-state index >= 15 is 0 Å². The summed E-state index contributed by atoms with van der Waals surface area (Å²) in [5, 5.41) is 5.70. The number of hydrogen-bond donors (Lipinski definition) is 2. The second-order valence-electron chi connectivity index (χ2n) is 9.76. The summed E-state index contributed by atoms with van der Waals surface area (Å²) in [5.41, 5.74) is 3.98. The number of anilines is 2. The van der Waals surface area contributed by atoms with Gasteiger partial charge in [-0.3, -0.25) is 9.59 Å². The molecular weight excluding hydrogens is 504 g/mol. The van der Waals surface area contributed by atoms with Crippen LogP contribution in [-0.4, -0.2) is 50.0 Å². The topological polar surface area (TPSA) is 101 Å². The third-order valence-corrected chi connectivity index (χ3v) is 7.21. The number of carbonyl (C=O) groups is 3. The first-order chi connectivity index (χ1) is 18.1. The predicted molar refractivity (Wildman–Crippen MR) is 148 cm³/mol. The molecule has 2 N–H and O–H groups in total. The van der Waals surface area contributed by atoms with Crippen molar-refractivity contribution in [1.82, 2.24) is 10.3 Å². The molecule has 1 fully saturated rings.